The van der Waals surface area contributed by atoms with Crippen LogP contribution in [0.2, 0.25) is 0 Å². The summed E-state index contributed by atoms with van der Waals surface area (Å²) in [5.41, 5.74) is 1.79. The third-order valence-electron chi connectivity index (χ3n) is 3.79. The monoisotopic (exact) mass is 305 g/mol. The average molecular weight is 305 g/mol. The number of nitrogens with one attached hydrogen (secondary N) is 1. The molecule has 0 unspecified atom stereocenters. The van der Waals surface area contributed by atoms with Gasteiger partial charge in [-0.05, 0) is 37.8 Å². The molecule has 22 heavy (non-hydrogen) atoms. The fourth-order valence-corrected chi connectivity index (χ4v) is 2.57. The van der Waals surface area contributed by atoms with Gasteiger partial charge in [-0.2, -0.15) is 0 Å². The van der Waals surface area contributed by atoms with E-state index in [2.05, 4.69) is 11.4 Å². The summed E-state index contributed by atoms with van der Waals surface area (Å²) in [5, 5.41) is 2.95. The van der Waals surface area contributed by atoms with Gasteiger partial charge in [0.1, 0.15) is 0 Å². The van der Waals surface area contributed by atoms with Gasteiger partial charge in [0.15, 0.2) is 11.5 Å². The number of methoxy groups -OCH3 is 3. The molecule has 0 heterocycles. The molecule has 0 fully saturated rings. The minimum atomic E-state index is -0.147. The molecule has 0 aromatic heterocycles. The smallest absolute Gasteiger partial charge is 0.251 e. The first-order valence-corrected chi connectivity index (χ1v) is 7.45. The summed E-state index contributed by atoms with van der Waals surface area (Å²) >= 11 is 0. The van der Waals surface area contributed by atoms with Crippen LogP contribution in [0.5, 0.6) is 17.2 Å². The molecule has 0 saturated heterocycles. The van der Waals surface area contributed by atoms with Gasteiger partial charge in [0.05, 0.1) is 21.3 Å². The standard InChI is InChI=1S/C17H23NO4/c1-20-14-9-13(10-15(21-2)16(14)22-3)17(19)18-11-12-7-5-4-6-8-12/h7,9-10H,4-6,8,11H2,1-3H3,(H,18,19). The number of rotatable bonds is 6. The lowest BCUT2D eigenvalue weighted by molar-refractivity contribution is 0.0955. The molecule has 0 saturated carbocycles. The SMILES string of the molecule is COc1cc(C(=O)NCC2=CCCCC2)cc(OC)c1OC. The van der Waals surface area contributed by atoms with Crippen molar-refractivity contribution < 1.29 is 19.0 Å². The van der Waals surface area contributed by atoms with Crippen LogP contribution in [-0.2, 0) is 0 Å². The van der Waals surface area contributed by atoms with Crippen LogP contribution in [0.3, 0.4) is 0 Å². The Labute approximate surface area is 131 Å². The molecule has 0 bridgehead atoms. The number of ether oxygens (including phenoxy) is 3. The van der Waals surface area contributed by atoms with Crippen LogP contribution in [0.1, 0.15) is 36.0 Å². The number of benzene rings is 1. The van der Waals surface area contributed by atoms with Crippen LogP contribution >= 0.6 is 0 Å². The molecule has 0 aliphatic heterocycles. The van der Waals surface area contributed by atoms with Crippen molar-refractivity contribution in [2.24, 2.45) is 0 Å². The van der Waals surface area contributed by atoms with E-state index in [9.17, 15) is 4.79 Å². The number of carbonyl (C=O) groups is 1. The second-order valence-electron chi connectivity index (χ2n) is 5.20. The van der Waals surface area contributed by atoms with E-state index < -0.39 is 0 Å². The van der Waals surface area contributed by atoms with E-state index >= 15 is 0 Å². The fourth-order valence-electron chi connectivity index (χ4n) is 2.57. The van der Waals surface area contributed by atoms with Gasteiger partial charge in [-0.1, -0.05) is 11.6 Å². The first-order valence-electron chi connectivity index (χ1n) is 7.45. The van der Waals surface area contributed by atoms with Gasteiger partial charge in [0, 0.05) is 12.1 Å². The minimum Gasteiger partial charge on any atom is -0.493 e. The third-order valence-corrected chi connectivity index (χ3v) is 3.79. The topological polar surface area (TPSA) is 56.8 Å². The predicted molar refractivity (Wildman–Crippen MR) is 85.0 cm³/mol. The van der Waals surface area contributed by atoms with Crippen molar-refractivity contribution in [3.05, 3.63) is 29.3 Å². The summed E-state index contributed by atoms with van der Waals surface area (Å²) in [4.78, 5) is 12.3. The van der Waals surface area contributed by atoms with Crippen molar-refractivity contribution in [3.63, 3.8) is 0 Å². The Bertz CT molecular complexity index is 541. The number of carbonyl (C=O) groups excluding carboxylic acids is 1. The molecule has 1 amide bonds. The maximum atomic E-state index is 12.3. The molecule has 1 aromatic carbocycles. The highest BCUT2D eigenvalue weighted by molar-refractivity contribution is 5.95. The zero-order valence-electron chi connectivity index (χ0n) is 13.4. The lowest BCUT2D eigenvalue weighted by Gasteiger charge is -2.15. The Morgan fingerprint density at radius 3 is 2.27 bits per heavy atom. The minimum absolute atomic E-state index is 0.147. The lowest BCUT2D eigenvalue weighted by atomic mass is 9.99. The molecule has 1 aliphatic carbocycles. The first kappa shape index (κ1) is 16.2. The van der Waals surface area contributed by atoms with Gasteiger partial charge in [0.2, 0.25) is 5.75 Å². The highest BCUT2D eigenvalue weighted by Crippen LogP contribution is 2.38. The highest BCUT2D eigenvalue weighted by atomic mass is 16.5. The zero-order valence-corrected chi connectivity index (χ0v) is 13.4. The molecule has 5 nitrogen and oxygen atoms in total. The van der Waals surface area contributed by atoms with Crippen LogP contribution in [0.15, 0.2) is 23.8 Å². The fraction of sp³-hybridized carbons (Fsp3) is 0.471. The Balaban J connectivity index is 2.13. The van der Waals surface area contributed by atoms with Crippen molar-refractivity contribution in [2.75, 3.05) is 27.9 Å². The van der Waals surface area contributed by atoms with Gasteiger partial charge < -0.3 is 19.5 Å². The van der Waals surface area contributed by atoms with Crippen molar-refractivity contribution in [3.8, 4) is 17.2 Å². The van der Waals surface area contributed by atoms with Gasteiger partial charge in [-0.3, -0.25) is 4.79 Å². The van der Waals surface area contributed by atoms with Crippen LogP contribution in [0, 0.1) is 0 Å². The second-order valence-corrected chi connectivity index (χ2v) is 5.20. The van der Waals surface area contributed by atoms with Crippen LogP contribution in [0.4, 0.5) is 0 Å². The van der Waals surface area contributed by atoms with Crippen LogP contribution in [0.25, 0.3) is 0 Å². The zero-order chi connectivity index (χ0) is 15.9. The number of hydrogen-bond donors (Lipinski definition) is 1. The summed E-state index contributed by atoms with van der Waals surface area (Å²) in [6.45, 7) is 0.593. The summed E-state index contributed by atoms with van der Waals surface area (Å²) < 4.78 is 15.8. The maximum absolute atomic E-state index is 12.3. The van der Waals surface area contributed by atoms with E-state index in [0.29, 0.717) is 29.4 Å². The summed E-state index contributed by atoms with van der Waals surface area (Å²) in [7, 11) is 4.60. The predicted octanol–water partition coefficient (Wildman–Crippen LogP) is 2.94. The summed E-state index contributed by atoms with van der Waals surface area (Å²) in [6.07, 6.45) is 6.83. The third kappa shape index (κ3) is 3.72. The second kappa shape index (κ2) is 7.73. The molecule has 1 N–H and O–H groups in total. The van der Waals surface area contributed by atoms with Gasteiger partial charge in [0.25, 0.3) is 5.91 Å². The van der Waals surface area contributed by atoms with E-state index in [1.165, 1.54) is 39.7 Å². The van der Waals surface area contributed by atoms with Gasteiger partial charge in [-0.25, -0.2) is 0 Å². The molecule has 120 valence electrons. The Morgan fingerprint density at radius 1 is 1.09 bits per heavy atom. The molecular weight excluding hydrogens is 282 g/mol. The quantitative estimate of drug-likeness (QED) is 0.821. The summed E-state index contributed by atoms with van der Waals surface area (Å²) in [5.74, 6) is 1.29. The maximum Gasteiger partial charge on any atom is 0.251 e. The molecule has 1 aromatic rings. The van der Waals surface area contributed by atoms with Crippen molar-refractivity contribution >= 4 is 5.91 Å². The molecule has 5 heteroatoms. The summed E-state index contributed by atoms with van der Waals surface area (Å²) in [6, 6.07) is 3.32. The molecule has 0 spiro atoms. The van der Waals surface area contributed by atoms with Gasteiger partial charge >= 0.3 is 0 Å². The number of amides is 1. The van der Waals surface area contributed by atoms with Crippen molar-refractivity contribution in [1.29, 1.82) is 0 Å². The largest absolute Gasteiger partial charge is 0.493 e. The van der Waals surface area contributed by atoms with E-state index in [1.54, 1.807) is 12.1 Å². The van der Waals surface area contributed by atoms with E-state index in [0.717, 1.165) is 12.8 Å². The Morgan fingerprint density at radius 2 is 1.77 bits per heavy atom. The van der Waals surface area contributed by atoms with E-state index in [1.807, 2.05) is 0 Å². The molecule has 2 rings (SSSR count). The number of hydrogen-bond acceptors (Lipinski definition) is 4. The molecular formula is C17H23NO4. The Kier molecular flexibility index (Phi) is 5.69. The normalized spacial score (nSPS) is 14.0. The lowest BCUT2D eigenvalue weighted by Crippen LogP contribution is -2.26. The van der Waals surface area contributed by atoms with Crippen LogP contribution < -0.4 is 19.5 Å². The molecule has 1 aliphatic rings. The Hall–Kier alpha value is -2.17. The van der Waals surface area contributed by atoms with Crippen LogP contribution in [-0.4, -0.2) is 33.8 Å². The van der Waals surface area contributed by atoms with E-state index in [-0.39, 0.29) is 5.91 Å². The molecule has 0 radical (unpaired) electrons. The number of allylic oxidation sites excluding steroid dienone is 1. The van der Waals surface area contributed by atoms with Crippen molar-refractivity contribution in [2.45, 2.75) is 25.7 Å². The first-order chi connectivity index (χ1) is 10.7. The molecule has 0 atom stereocenters. The highest BCUT2D eigenvalue weighted by Gasteiger charge is 2.17. The average Bonchev–Trinajstić information content (AvgIpc) is 2.59. The van der Waals surface area contributed by atoms with E-state index in [4.69, 9.17) is 14.2 Å². The van der Waals surface area contributed by atoms with Gasteiger partial charge in [-0.15, -0.1) is 0 Å². The van der Waals surface area contributed by atoms with Crippen molar-refractivity contribution in [1.82, 2.24) is 5.32 Å².